The fourth-order valence-electron chi connectivity index (χ4n) is 1.89. The molecule has 22 heavy (non-hydrogen) atoms. The summed E-state index contributed by atoms with van der Waals surface area (Å²) in [7, 11) is -3.65. The molecule has 1 aromatic carbocycles. The molecule has 0 saturated carbocycles. The zero-order valence-corrected chi connectivity index (χ0v) is 12.5. The number of amides is 1. The van der Waals surface area contributed by atoms with Gasteiger partial charge in [-0.25, -0.2) is 8.42 Å². The molecule has 0 bridgehead atoms. The van der Waals surface area contributed by atoms with E-state index >= 15 is 0 Å². The molecule has 0 aliphatic carbocycles. The summed E-state index contributed by atoms with van der Waals surface area (Å²) in [6.45, 7) is 0.135. The first-order valence-electron chi connectivity index (χ1n) is 6.48. The van der Waals surface area contributed by atoms with Crippen LogP contribution in [0, 0.1) is 11.3 Å². The maximum atomic E-state index is 12.0. The van der Waals surface area contributed by atoms with Gasteiger partial charge in [0.25, 0.3) is 0 Å². The molecule has 0 aliphatic rings. The van der Waals surface area contributed by atoms with Crippen molar-refractivity contribution in [1.82, 2.24) is 5.32 Å². The van der Waals surface area contributed by atoms with Crippen molar-refractivity contribution in [1.29, 1.82) is 5.26 Å². The Bertz CT molecular complexity index is 789. The minimum absolute atomic E-state index is 0.135. The summed E-state index contributed by atoms with van der Waals surface area (Å²) in [5.41, 5.74) is 0.686. The third-order valence-corrected chi connectivity index (χ3v) is 4.36. The number of nitrogens with zero attached hydrogens (tertiary/aromatic N) is 1. The van der Waals surface area contributed by atoms with Gasteiger partial charge >= 0.3 is 0 Å². The summed E-state index contributed by atoms with van der Waals surface area (Å²) >= 11 is 0. The van der Waals surface area contributed by atoms with Crippen molar-refractivity contribution in [2.75, 3.05) is 5.75 Å². The summed E-state index contributed by atoms with van der Waals surface area (Å²) < 4.78 is 29.1. The quantitative estimate of drug-likeness (QED) is 0.867. The van der Waals surface area contributed by atoms with E-state index in [0.717, 1.165) is 0 Å². The highest BCUT2D eigenvalue weighted by Gasteiger charge is 2.19. The zero-order chi connectivity index (χ0) is 16.0. The largest absolute Gasteiger partial charge is 0.467 e. The molecule has 0 unspecified atom stereocenters. The number of nitrogens with one attached hydrogen (secondary N) is 1. The molecule has 1 heterocycles. The zero-order valence-electron chi connectivity index (χ0n) is 11.7. The van der Waals surface area contributed by atoms with Crippen molar-refractivity contribution in [3.05, 3.63) is 59.5 Å². The van der Waals surface area contributed by atoms with Crippen molar-refractivity contribution < 1.29 is 17.6 Å². The van der Waals surface area contributed by atoms with E-state index in [4.69, 9.17) is 9.68 Å². The number of rotatable bonds is 6. The third kappa shape index (κ3) is 4.46. The van der Waals surface area contributed by atoms with E-state index in [9.17, 15) is 13.2 Å². The molecule has 1 N–H and O–H groups in total. The molecule has 2 rings (SSSR count). The van der Waals surface area contributed by atoms with E-state index in [1.54, 1.807) is 36.4 Å². The van der Waals surface area contributed by atoms with Crippen LogP contribution in [0.4, 0.5) is 0 Å². The van der Waals surface area contributed by atoms with E-state index in [2.05, 4.69) is 5.32 Å². The number of carbonyl (C=O) groups excluding carboxylic acids is 1. The minimum Gasteiger partial charge on any atom is -0.467 e. The van der Waals surface area contributed by atoms with Gasteiger partial charge in [0.1, 0.15) is 11.5 Å². The monoisotopic (exact) mass is 318 g/mol. The van der Waals surface area contributed by atoms with Gasteiger partial charge in [-0.3, -0.25) is 4.79 Å². The van der Waals surface area contributed by atoms with Crippen LogP contribution in [0.2, 0.25) is 0 Å². The first kappa shape index (κ1) is 15.8. The van der Waals surface area contributed by atoms with Crippen molar-refractivity contribution in [2.45, 2.75) is 12.3 Å². The van der Waals surface area contributed by atoms with Gasteiger partial charge in [-0.2, -0.15) is 5.26 Å². The number of benzene rings is 1. The number of carbonyl (C=O) groups is 1. The average molecular weight is 318 g/mol. The lowest BCUT2D eigenvalue weighted by Gasteiger charge is -2.06. The Morgan fingerprint density at radius 2 is 2.00 bits per heavy atom. The minimum atomic E-state index is -3.65. The van der Waals surface area contributed by atoms with E-state index in [1.165, 1.54) is 6.26 Å². The standard InChI is InChI=1S/C15H14N2O4S/c16-8-12-4-1-2-5-13(12)10-22(19,20)11-15(18)17-9-14-6-3-7-21-14/h1-7H,9-11H2,(H,17,18). The second kappa shape index (κ2) is 6.91. The number of sulfone groups is 1. The number of hydrogen-bond acceptors (Lipinski definition) is 5. The Morgan fingerprint density at radius 3 is 2.68 bits per heavy atom. The maximum absolute atomic E-state index is 12.0. The molecule has 0 atom stereocenters. The first-order chi connectivity index (χ1) is 10.5. The summed E-state index contributed by atoms with van der Waals surface area (Å²) in [5.74, 6) is -1.04. The van der Waals surface area contributed by atoms with Crippen LogP contribution in [0.5, 0.6) is 0 Å². The van der Waals surface area contributed by atoms with Crippen LogP contribution in [0.1, 0.15) is 16.9 Å². The topological polar surface area (TPSA) is 100 Å². The van der Waals surface area contributed by atoms with E-state index < -0.39 is 21.5 Å². The molecule has 6 nitrogen and oxygen atoms in total. The predicted octanol–water partition coefficient (Wildman–Crippen LogP) is 1.38. The number of hydrogen-bond donors (Lipinski definition) is 1. The average Bonchev–Trinajstić information content (AvgIpc) is 2.98. The summed E-state index contributed by atoms with van der Waals surface area (Å²) in [6.07, 6.45) is 1.47. The van der Waals surface area contributed by atoms with Gasteiger partial charge in [-0.1, -0.05) is 18.2 Å². The second-order valence-corrected chi connectivity index (χ2v) is 6.72. The fraction of sp³-hybridized carbons (Fsp3) is 0.200. The Balaban J connectivity index is 1.96. The fourth-order valence-corrected chi connectivity index (χ4v) is 3.22. The molecule has 2 aromatic rings. The normalized spacial score (nSPS) is 10.9. The lowest BCUT2D eigenvalue weighted by molar-refractivity contribution is -0.118. The highest BCUT2D eigenvalue weighted by atomic mass is 32.2. The second-order valence-electron chi connectivity index (χ2n) is 4.66. The first-order valence-corrected chi connectivity index (χ1v) is 8.30. The molecule has 0 saturated heterocycles. The van der Waals surface area contributed by atoms with Gasteiger partial charge < -0.3 is 9.73 Å². The molecule has 0 fully saturated rings. The van der Waals surface area contributed by atoms with Crippen molar-refractivity contribution in [3.8, 4) is 6.07 Å². The van der Waals surface area contributed by atoms with Crippen LogP contribution in [0.25, 0.3) is 0 Å². The highest BCUT2D eigenvalue weighted by Crippen LogP contribution is 2.12. The maximum Gasteiger partial charge on any atom is 0.235 e. The van der Waals surface area contributed by atoms with Gasteiger partial charge in [-0.15, -0.1) is 0 Å². The van der Waals surface area contributed by atoms with Gasteiger partial charge in [0.15, 0.2) is 9.84 Å². The number of furan rings is 1. The van der Waals surface area contributed by atoms with Crippen LogP contribution < -0.4 is 5.32 Å². The van der Waals surface area contributed by atoms with E-state index in [1.807, 2.05) is 6.07 Å². The smallest absolute Gasteiger partial charge is 0.235 e. The van der Waals surface area contributed by atoms with Crippen LogP contribution in [-0.2, 0) is 26.9 Å². The lowest BCUT2D eigenvalue weighted by Crippen LogP contribution is -2.30. The van der Waals surface area contributed by atoms with Crippen LogP contribution >= 0.6 is 0 Å². The van der Waals surface area contributed by atoms with E-state index in [-0.39, 0.29) is 12.3 Å². The third-order valence-electron chi connectivity index (χ3n) is 2.90. The molecule has 0 aliphatic heterocycles. The van der Waals surface area contributed by atoms with E-state index in [0.29, 0.717) is 16.9 Å². The number of nitriles is 1. The van der Waals surface area contributed by atoms with Crippen LogP contribution in [0.3, 0.4) is 0 Å². The molecule has 114 valence electrons. The molecular formula is C15H14N2O4S. The molecule has 0 radical (unpaired) electrons. The Kier molecular flexibility index (Phi) is 4.96. The lowest BCUT2D eigenvalue weighted by atomic mass is 10.1. The van der Waals surface area contributed by atoms with Gasteiger partial charge in [-0.05, 0) is 23.8 Å². The highest BCUT2D eigenvalue weighted by molar-refractivity contribution is 7.91. The summed E-state index contributed by atoms with van der Waals surface area (Å²) in [6, 6.07) is 11.7. The van der Waals surface area contributed by atoms with Crippen molar-refractivity contribution in [2.24, 2.45) is 0 Å². The van der Waals surface area contributed by atoms with Crippen LogP contribution in [-0.4, -0.2) is 20.1 Å². The van der Waals surface area contributed by atoms with Crippen molar-refractivity contribution in [3.63, 3.8) is 0 Å². The van der Waals surface area contributed by atoms with Gasteiger partial charge in [0.05, 0.1) is 30.2 Å². The van der Waals surface area contributed by atoms with Gasteiger partial charge in [0, 0.05) is 0 Å². The van der Waals surface area contributed by atoms with Gasteiger partial charge in [0.2, 0.25) is 5.91 Å². The summed E-state index contributed by atoms with van der Waals surface area (Å²) in [5, 5.41) is 11.4. The molecule has 7 heteroatoms. The molecule has 0 spiro atoms. The molecular weight excluding hydrogens is 304 g/mol. The van der Waals surface area contributed by atoms with Crippen molar-refractivity contribution >= 4 is 15.7 Å². The Morgan fingerprint density at radius 1 is 1.23 bits per heavy atom. The predicted molar refractivity (Wildman–Crippen MR) is 79.2 cm³/mol. The van der Waals surface area contributed by atoms with Crippen LogP contribution in [0.15, 0.2) is 47.1 Å². The molecule has 1 amide bonds. The molecule has 1 aromatic heterocycles. The SMILES string of the molecule is N#Cc1ccccc1CS(=O)(=O)CC(=O)NCc1ccco1. The summed E-state index contributed by atoms with van der Waals surface area (Å²) in [4.78, 5) is 11.7. The Hall–Kier alpha value is -2.59. The Labute approximate surface area is 128 Å².